The minimum absolute atomic E-state index is 0.107. The number of H-pyrrole nitrogens is 1. The van der Waals surface area contributed by atoms with Crippen molar-refractivity contribution in [2.45, 2.75) is 24.7 Å². The lowest BCUT2D eigenvalue weighted by molar-refractivity contribution is -0.140. The van der Waals surface area contributed by atoms with Crippen molar-refractivity contribution in [2.75, 3.05) is 31.5 Å². The average molecular weight is 589 g/mol. The molecule has 0 aliphatic carbocycles. The molecule has 5 heterocycles. The van der Waals surface area contributed by atoms with Crippen molar-refractivity contribution in [2.24, 2.45) is 0 Å². The number of nitrogens with zero attached hydrogens (tertiary/aromatic N) is 5. The average Bonchev–Trinajstić information content (AvgIpc) is 3.66. The lowest BCUT2D eigenvalue weighted by Gasteiger charge is -2.39. The van der Waals surface area contributed by atoms with Gasteiger partial charge in [0.05, 0.1) is 34.1 Å². The van der Waals surface area contributed by atoms with E-state index in [1.165, 1.54) is 23.0 Å². The number of rotatable bonds is 6. The molecule has 3 aromatic heterocycles. The summed E-state index contributed by atoms with van der Waals surface area (Å²) >= 11 is 6.45. The van der Waals surface area contributed by atoms with E-state index in [0.29, 0.717) is 24.3 Å². The van der Waals surface area contributed by atoms with E-state index in [-0.39, 0.29) is 51.8 Å². The van der Waals surface area contributed by atoms with Gasteiger partial charge in [0, 0.05) is 50.0 Å². The second kappa shape index (κ2) is 10.6. The van der Waals surface area contributed by atoms with Crippen molar-refractivity contribution in [3.05, 3.63) is 59.3 Å². The molecule has 1 aromatic carbocycles. The summed E-state index contributed by atoms with van der Waals surface area (Å²) in [5.41, 5.74) is 0.0553. The molecule has 0 radical (unpaired) electrons. The Morgan fingerprint density at radius 3 is 2.66 bits per heavy atom. The number of hydrogen-bond donors (Lipinski definition) is 5. The van der Waals surface area contributed by atoms with Crippen LogP contribution in [0.4, 0.5) is 29.5 Å². The summed E-state index contributed by atoms with van der Waals surface area (Å²) in [6, 6.07) is 4.49. The number of fused-ring (bicyclic) bond motifs is 1. The molecule has 16 heteroatoms. The molecule has 3 amide bonds. The second-order valence-electron chi connectivity index (χ2n) is 9.79. The van der Waals surface area contributed by atoms with Crippen LogP contribution < -0.4 is 21.3 Å². The van der Waals surface area contributed by atoms with Crippen LogP contribution in [0.3, 0.4) is 0 Å². The molecule has 0 bridgehead atoms. The van der Waals surface area contributed by atoms with Crippen LogP contribution in [0.15, 0.2) is 43.0 Å². The topological polar surface area (TPSA) is 144 Å². The van der Waals surface area contributed by atoms with E-state index in [1.54, 1.807) is 23.1 Å². The Morgan fingerprint density at radius 2 is 1.93 bits per heavy atom. The van der Waals surface area contributed by atoms with Crippen LogP contribution >= 0.6 is 11.6 Å². The minimum atomic E-state index is -4.64. The van der Waals surface area contributed by atoms with Crippen molar-refractivity contribution >= 4 is 40.7 Å². The first-order valence-electron chi connectivity index (χ1n) is 12.7. The Kier molecular flexibility index (Phi) is 6.91. The smallest absolute Gasteiger partial charge is 0.337 e. The number of benzene rings is 1. The maximum atomic E-state index is 13.4. The van der Waals surface area contributed by atoms with E-state index in [4.69, 9.17) is 11.6 Å². The summed E-state index contributed by atoms with van der Waals surface area (Å²) in [7, 11) is 0. The number of halogens is 4. The van der Waals surface area contributed by atoms with Crippen LogP contribution in [-0.2, 0) is 6.18 Å². The zero-order chi connectivity index (χ0) is 28.7. The predicted molar refractivity (Wildman–Crippen MR) is 143 cm³/mol. The van der Waals surface area contributed by atoms with E-state index in [1.807, 2.05) is 0 Å². The second-order valence-corrected chi connectivity index (χ2v) is 10.2. The number of imidazole rings is 1. The van der Waals surface area contributed by atoms with Gasteiger partial charge < -0.3 is 26.2 Å². The van der Waals surface area contributed by atoms with Gasteiger partial charge in [-0.05, 0) is 31.2 Å². The maximum Gasteiger partial charge on any atom is 0.435 e. The van der Waals surface area contributed by atoms with Crippen LogP contribution in [0.25, 0.3) is 16.9 Å². The minimum Gasteiger partial charge on any atom is -0.337 e. The third-order valence-corrected chi connectivity index (χ3v) is 7.29. The fraction of sp³-hybridized carbons (Fsp3) is 0.320. The highest BCUT2D eigenvalue weighted by Crippen LogP contribution is 2.36. The molecular formula is C25H24ClF3N10O2. The van der Waals surface area contributed by atoms with Crippen molar-refractivity contribution in [1.82, 2.24) is 45.4 Å². The summed E-state index contributed by atoms with van der Waals surface area (Å²) in [6.45, 7) is 2.35. The Labute approximate surface area is 235 Å². The molecule has 6 rings (SSSR count). The highest BCUT2D eigenvalue weighted by Gasteiger charge is 2.37. The van der Waals surface area contributed by atoms with Crippen LogP contribution in [0.5, 0.6) is 0 Å². The molecule has 2 aliphatic rings. The van der Waals surface area contributed by atoms with Crippen LogP contribution in [0.1, 0.15) is 22.5 Å². The Morgan fingerprint density at radius 1 is 1.12 bits per heavy atom. The SMILES string of the molecule is O=C(NC1CN(C(=O)c2ccc(Nc3nccn4c(-c5c[nH]nc5C(F)(F)F)cnc34)cc2Cl)C1)N[C@@H]1CCNC1. The predicted octanol–water partition coefficient (Wildman–Crippen LogP) is 3.02. The molecule has 5 N–H and O–H groups in total. The number of nitrogens with one attached hydrogen (secondary N) is 5. The lowest BCUT2D eigenvalue weighted by Crippen LogP contribution is -2.62. The third kappa shape index (κ3) is 5.37. The van der Waals surface area contributed by atoms with Crippen molar-refractivity contribution in [3.8, 4) is 11.3 Å². The number of amides is 3. The van der Waals surface area contributed by atoms with Crippen LogP contribution in [0.2, 0.25) is 5.02 Å². The molecule has 1 atom stereocenters. The number of carbonyl (C=O) groups is 2. The molecule has 2 saturated heterocycles. The molecule has 214 valence electrons. The summed E-state index contributed by atoms with van der Waals surface area (Å²) in [5, 5.41) is 17.8. The van der Waals surface area contributed by atoms with Gasteiger partial charge in [-0.15, -0.1) is 0 Å². The first-order valence-corrected chi connectivity index (χ1v) is 13.1. The Bertz CT molecular complexity index is 1610. The van der Waals surface area contributed by atoms with Gasteiger partial charge in [-0.3, -0.25) is 14.3 Å². The monoisotopic (exact) mass is 588 g/mol. The van der Waals surface area contributed by atoms with Gasteiger partial charge in [-0.25, -0.2) is 14.8 Å². The highest BCUT2D eigenvalue weighted by molar-refractivity contribution is 6.34. The van der Waals surface area contributed by atoms with Gasteiger partial charge >= 0.3 is 12.2 Å². The maximum absolute atomic E-state index is 13.4. The molecule has 2 aliphatic heterocycles. The van der Waals surface area contributed by atoms with Gasteiger partial charge in [-0.2, -0.15) is 18.3 Å². The summed E-state index contributed by atoms with van der Waals surface area (Å²) < 4.78 is 41.6. The molecule has 4 aromatic rings. The summed E-state index contributed by atoms with van der Waals surface area (Å²) in [6.07, 6.45) is 1.63. The molecule has 2 fully saturated rings. The fourth-order valence-corrected chi connectivity index (χ4v) is 5.17. The Hall–Kier alpha value is -4.37. The number of alkyl halides is 3. The standard InChI is InChI=1S/C25H24ClF3N10O2/c26-18-7-13(1-2-16(18)23(40)38-11-15(12-38)36-24(41)35-14-3-4-30-8-14)34-21-22-32-10-19(39(22)6-5-31-21)17-9-33-37-20(17)25(27,28)29/h1-2,5-7,9-10,14-15,30H,3-4,8,11-12H2,(H,31,34)(H,33,37)(H2,35,36,41)/t14-/m1/s1. The number of likely N-dealkylation sites (tertiary alicyclic amines) is 1. The molecule has 0 unspecified atom stereocenters. The molecule has 12 nitrogen and oxygen atoms in total. The van der Waals surface area contributed by atoms with Crippen LogP contribution in [-0.4, -0.2) is 79.7 Å². The van der Waals surface area contributed by atoms with E-state index in [9.17, 15) is 22.8 Å². The third-order valence-electron chi connectivity index (χ3n) is 6.97. The van der Waals surface area contributed by atoms with Gasteiger partial charge in [0.15, 0.2) is 17.2 Å². The lowest BCUT2D eigenvalue weighted by atomic mass is 10.1. The normalized spacial score (nSPS) is 17.5. The van der Waals surface area contributed by atoms with E-state index >= 15 is 0 Å². The number of urea groups is 1. The molecule has 0 saturated carbocycles. The quantitative estimate of drug-likeness (QED) is 0.233. The first kappa shape index (κ1) is 26.8. The fourth-order valence-electron chi connectivity index (χ4n) is 4.91. The van der Waals surface area contributed by atoms with Gasteiger partial charge in [0.2, 0.25) is 0 Å². The zero-order valence-electron chi connectivity index (χ0n) is 21.3. The highest BCUT2D eigenvalue weighted by atomic mass is 35.5. The number of hydrogen-bond acceptors (Lipinski definition) is 7. The van der Waals surface area contributed by atoms with Crippen molar-refractivity contribution < 1.29 is 22.8 Å². The van der Waals surface area contributed by atoms with E-state index < -0.39 is 11.9 Å². The molecule has 41 heavy (non-hydrogen) atoms. The summed E-state index contributed by atoms with van der Waals surface area (Å²) in [5.74, 6) is 0.00738. The van der Waals surface area contributed by atoms with E-state index in [0.717, 1.165) is 25.7 Å². The van der Waals surface area contributed by atoms with Gasteiger partial charge in [0.25, 0.3) is 5.91 Å². The van der Waals surface area contributed by atoms with Gasteiger partial charge in [-0.1, -0.05) is 11.6 Å². The number of aromatic amines is 1. The Balaban J connectivity index is 1.12. The molecule has 0 spiro atoms. The van der Waals surface area contributed by atoms with Crippen molar-refractivity contribution in [1.29, 1.82) is 0 Å². The zero-order valence-corrected chi connectivity index (χ0v) is 22.1. The number of anilines is 2. The summed E-state index contributed by atoms with van der Waals surface area (Å²) in [4.78, 5) is 35.3. The van der Waals surface area contributed by atoms with E-state index in [2.05, 4.69) is 41.4 Å². The number of aromatic nitrogens is 5. The largest absolute Gasteiger partial charge is 0.435 e. The number of carbonyl (C=O) groups excluding carboxylic acids is 2. The molecular weight excluding hydrogens is 565 g/mol. The van der Waals surface area contributed by atoms with Crippen molar-refractivity contribution in [3.63, 3.8) is 0 Å². The van der Waals surface area contributed by atoms with Crippen LogP contribution in [0, 0.1) is 0 Å². The van der Waals surface area contributed by atoms with Gasteiger partial charge in [0.1, 0.15) is 0 Å². The first-order chi connectivity index (χ1) is 19.7.